The molecule has 7 heteroatoms. The number of carbonyl (C=O) groups excluding carboxylic acids is 2. The molecule has 0 radical (unpaired) electrons. The third kappa shape index (κ3) is 3.53. The lowest BCUT2D eigenvalue weighted by Crippen LogP contribution is -2.47. The zero-order valence-corrected chi connectivity index (χ0v) is 17.9. The molecule has 0 N–H and O–H groups in total. The summed E-state index contributed by atoms with van der Waals surface area (Å²) < 4.78 is 33.6. The molecule has 5 rings (SSSR count). The Kier molecular flexibility index (Phi) is 5.14. The van der Waals surface area contributed by atoms with E-state index < -0.39 is 17.1 Å². The molecular formula is C25H26F2N2O3. The molecule has 168 valence electrons. The Balaban J connectivity index is 1.32. The maximum Gasteiger partial charge on any atom is 0.410 e. The fourth-order valence-electron chi connectivity index (χ4n) is 5.58. The van der Waals surface area contributed by atoms with Gasteiger partial charge in [-0.1, -0.05) is 43.2 Å². The van der Waals surface area contributed by atoms with Crippen molar-refractivity contribution < 1.29 is 23.1 Å². The van der Waals surface area contributed by atoms with E-state index in [0.717, 1.165) is 18.4 Å². The lowest BCUT2D eigenvalue weighted by molar-refractivity contribution is -0.137. The van der Waals surface area contributed by atoms with E-state index in [-0.39, 0.29) is 17.5 Å². The second-order valence-corrected chi connectivity index (χ2v) is 9.28. The fraction of sp³-hybridized carbons (Fsp3) is 0.440. The van der Waals surface area contributed by atoms with Crippen LogP contribution in [0.3, 0.4) is 0 Å². The lowest BCUT2D eigenvalue weighted by Gasteiger charge is -2.33. The second kappa shape index (κ2) is 7.87. The van der Waals surface area contributed by atoms with Crippen molar-refractivity contribution in [1.29, 1.82) is 0 Å². The van der Waals surface area contributed by atoms with E-state index in [0.29, 0.717) is 51.0 Å². The largest absolute Gasteiger partial charge is 0.439 e. The highest BCUT2D eigenvalue weighted by Gasteiger charge is 2.54. The van der Waals surface area contributed by atoms with E-state index in [9.17, 15) is 18.4 Å². The number of halogens is 2. The highest BCUT2D eigenvalue weighted by molar-refractivity contribution is 5.89. The van der Waals surface area contributed by atoms with E-state index in [1.165, 1.54) is 18.2 Å². The number of nitrogens with zero attached hydrogens (tertiary/aromatic N) is 2. The average Bonchev–Trinajstić information content (AvgIpc) is 3.50. The van der Waals surface area contributed by atoms with Crippen molar-refractivity contribution in [2.24, 2.45) is 0 Å². The first-order valence-corrected chi connectivity index (χ1v) is 11.2. The van der Waals surface area contributed by atoms with Crippen LogP contribution < -0.4 is 0 Å². The average molecular weight is 440 g/mol. The molecule has 3 aliphatic rings. The molecule has 2 saturated heterocycles. The first-order chi connectivity index (χ1) is 15.4. The quantitative estimate of drug-likeness (QED) is 0.708. The van der Waals surface area contributed by atoms with Crippen molar-refractivity contribution in [3.63, 3.8) is 0 Å². The minimum Gasteiger partial charge on any atom is -0.439 e. The van der Waals surface area contributed by atoms with Crippen LogP contribution in [0.1, 0.15) is 43.2 Å². The Bertz CT molecular complexity index is 1040. The van der Waals surface area contributed by atoms with E-state index in [1.807, 2.05) is 0 Å². The summed E-state index contributed by atoms with van der Waals surface area (Å²) in [4.78, 5) is 29.6. The molecule has 1 saturated carbocycles. The molecule has 2 aliphatic heterocycles. The standard InChI is InChI=1S/C25H26F2N2O3/c26-19-9-7-18(8-10-19)15-29-17-24(32-23(29)31)13-14-28(16-24)22(30)25(11-3-4-12-25)20-5-1-2-6-21(20)27/h1-2,5-10H,3-4,11-17H2/t24-/m0/s1. The van der Waals surface area contributed by atoms with Gasteiger partial charge in [0.05, 0.1) is 18.5 Å². The Labute approximate surface area is 186 Å². The Morgan fingerprint density at radius 3 is 2.41 bits per heavy atom. The molecule has 32 heavy (non-hydrogen) atoms. The van der Waals surface area contributed by atoms with Crippen LogP contribution in [-0.4, -0.2) is 47.0 Å². The molecule has 0 aromatic heterocycles. The Morgan fingerprint density at radius 1 is 0.969 bits per heavy atom. The van der Waals surface area contributed by atoms with Gasteiger partial charge in [0.2, 0.25) is 5.91 Å². The first kappa shape index (κ1) is 20.9. The highest BCUT2D eigenvalue weighted by atomic mass is 19.1. The van der Waals surface area contributed by atoms with Crippen LogP contribution in [0, 0.1) is 11.6 Å². The molecule has 0 bridgehead atoms. The van der Waals surface area contributed by atoms with Crippen molar-refractivity contribution in [3.8, 4) is 0 Å². The van der Waals surface area contributed by atoms with Gasteiger partial charge in [-0.25, -0.2) is 13.6 Å². The normalized spacial score (nSPS) is 24.4. The van der Waals surface area contributed by atoms with E-state index in [4.69, 9.17) is 4.74 Å². The number of carbonyl (C=O) groups is 2. The molecular weight excluding hydrogens is 414 g/mol. The molecule has 5 nitrogen and oxygen atoms in total. The molecule has 1 spiro atoms. The van der Waals surface area contributed by atoms with E-state index in [2.05, 4.69) is 0 Å². The van der Waals surface area contributed by atoms with Crippen molar-refractivity contribution in [3.05, 3.63) is 71.3 Å². The van der Waals surface area contributed by atoms with Crippen molar-refractivity contribution >= 4 is 12.0 Å². The second-order valence-electron chi connectivity index (χ2n) is 9.28. The van der Waals surface area contributed by atoms with Crippen LogP contribution >= 0.6 is 0 Å². The zero-order valence-electron chi connectivity index (χ0n) is 17.9. The summed E-state index contributed by atoms with van der Waals surface area (Å²) in [6.45, 7) is 1.49. The number of hydrogen-bond donors (Lipinski definition) is 0. The first-order valence-electron chi connectivity index (χ1n) is 11.2. The summed E-state index contributed by atoms with van der Waals surface area (Å²) in [5.74, 6) is -0.728. The molecule has 2 aromatic rings. The summed E-state index contributed by atoms with van der Waals surface area (Å²) in [7, 11) is 0. The van der Waals surface area contributed by atoms with Crippen LogP contribution in [-0.2, 0) is 21.5 Å². The number of ether oxygens (including phenoxy) is 1. The van der Waals surface area contributed by atoms with Gasteiger partial charge in [0.25, 0.3) is 0 Å². The smallest absolute Gasteiger partial charge is 0.410 e. The summed E-state index contributed by atoms with van der Waals surface area (Å²) >= 11 is 0. The van der Waals surface area contributed by atoms with Crippen LogP contribution in [0.2, 0.25) is 0 Å². The zero-order chi connectivity index (χ0) is 22.3. The minimum absolute atomic E-state index is 0.0648. The molecule has 0 unspecified atom stereocenters. The van der Waals surface area contributed by atoms with Gasteiger partial charge in [0, 0.05) is 25.1 Å². The topological polar surface area (TPSA) is 49.9 Å². The van der Waals surface area contributed by atoms with E-state index >= 15 is 0 Å². The number of rotatable bonds is 4. The van der Waals surface area contributed by atoms with Gasteiger partial charge < -0.3 is 9.64 Å². The number of benzene rings is 2. The molecule has 1 atom stereocenters. The third-order valence-corrected chi connectivity index (χ3v) is 7.19. The van der Waals surface area contributed by atoms with Gasteiger partial charge >= 0.3 is 6.09 Å². The van der Waals surface area contributed by atoms with Crippen molar-refractivity contribution in [1.82, 2.24) is 9.80 Å². The van der Waals surface area contributed by atoms with Crippen molar-refractivity contribution in [2.45, 2.75) is 49.7 Å². The molecule has 3 fully saturated rings. The predicted octanol–water partition coefficient (Wildman–Crippen LogP) is 4.40. The predicted molar refractivity (Wildman–Crippen MR) is 114 cm³/mol. The highest BCUT2D eigenvalue weighted by Crippen LogP contribution is 2.45. The van der Waals surface area contributed by atoms with Crippen molar-refractivity contribution in [2.75, 3.05) is 19.6 Å². The van der Waals surface area contributed by atoms with Crippen LogP contribution in [0.4, 0.5) is 13.6 Å². The maximum absolute atomic E-state index is 14.7. The van der Waals surface area contributed by atoms with Gasteiger partial charge in [0.15, 0.2) is 5.60 Å². The minimum atomic E-state index is -0.840. The lowest BCUT2D eigenvalue weighted by atomic mass is 9.77. The van der Waals surface area contributed by atoms with Crippen LogP contribution in [0.25, 0.3) is 0 Å². The Morgan fingerprint density at radius 2 is 1.69 bits per heavy atom. The summed E-state index contributed by atoms with van der Waals surface area (Å²) in [5, 5.41) is 0. The summed E-state index contributed by atoms with van der Waals surface area (Å²) in [6, 6.07) is 12.6. The van der Waals surface area contributed by atoms with Gasteiger partial charge in [0.1, 0.15) is 11.6 Å². The van der Waals surface area contributed by atoms with Crippen LogP contribution in [0.15, 0.2) is 48.5 Å². The maximum atomic E-state index is 14.7. The molecule has 2 amide bonds. The molecule has 2 aromatic carbocycles. The number of likely N-dealkylation sites (tertiary alicyclic amines) is 1. The van der Waals surface area contributed by atoms with Gasteiger partial charge in [-0.05, 0) is 36.6 Å². The van der Waals surface area contributed by atoms with Gasteiger partial charge in [-0.15, -0.1) is 0 Å². The van der Waals surface area contributed by atoms with Gasteiger partial charge in [-0.3, -0.25) is 9.69 Å². The van der Waals surface area contributed by atoms with E-state index in [1.54, 1.807) is 40.1 Å². The van der Waals surface area contributed by atoms with Crippen LogP contribution in [0.5, 0.6) is 0 Å². The third-order valence-electron chi connectivity index (χ3n) is 7.19. The molecule has 2 heterocycles. The fourth-order valence-corrected chi connectivity index (χ4v) is 5.58. The summed E-state index contributed by atoms with van der Waals surface area (Å²) in [6.07, 6.45) is 3.17. The number of amides is 2. The monoisotopic (exact) mass is 440 g/mol. The Hall–Kier alpha value is -2.96. The number of hydrogen-bond acceptors (Lipinski definition) is 3. The summed E-state index contributed by atoms with van der Waals surface area (Å²) in [5.41, 5.74) is -0.296. The van der Waals surface area contributed by atoms with Gasteiger partial charge in [-0.2, -0.15) is 0 Å². The SMILES string of the molecule is O=C1O[C@]2(CCN(C(=O)C3(c4ccccc4F)CCCC3)C2)CN1Cc1ccc(F)cc1. The molecule has 1 aliphatic carbocycles.